The summed E-state index contributed by atoms with van der Waals surface area (Å²) in [6.45, 7) is 0.374. The Hall–Kier alpha value is -0.263. The summed E-state index contributed by atoms with van der Waals surface area (Å²) in [5.41, 5.74) is 0.553. The van der Waals surface area contributed by atoms with Crippen LogP contribution in [0.1, 0.15) is 44.1 Å². The maximum Gasteiger partial charge on any atom is 0.341 e. The number of hydrogen-bond acceptors (Lipinski definition) is 2. The third kappa shape index (κ3) is 11.9. The van der Waals surface area contributed by atoms with Crippen LogP contribution in [0.5, 0.6) is 0 Å². The molecule has 2 nitrogen and oxygen atoms in total. The predicted molar refractivity (Wildman–Crippen MR) is 107 cm³/mol. The minimum atomic E-state index is -2.46. The summed E-state index contributed by atoms with van der Waals surface area (Å²) in [6, 6.07) is 2.57. The molecule has 0 N–H and O–H groups in total. The zero-order valence-electron chi connectivity index (χ0n) is 13.7. The average Bonchev–Trinajstić information content (AvgIpc) is 2.53. The van der Waals surface area contributed by atoms with Crippen LogP contribution in [0, 0.1) is 5.82 Å². The number of hydrogen-bond donors (Lipinski definition) is 0. The van der Waals surface area contributed by atoms with Crippen molar-refractivity contribution in [2.75, 3.05) is 6.61 Å². The van der Waals surface area contributed by atoms with Gasteiger partial charge in [-0.1, -0.05) is 49.8 Å². The van der Waals surface area contributed by atoms with Crippen LogP contribution in [-0.4, -0.2) is 18.6 Å². The standard InChI is InChI=1S/C17H21Cl4FO2Si/c18-15-9-7-14(13-16(15)22)8-10-17(23)24-11-5-3-1-2-4-6-12-25(19,20)21/h7-10,13H,1-6,11-12H2/b10-8+. The fourth-order valence-corrected chi connectivity index (χ4v) is 4.11. The average molecular weight is 446 g/mol. The lowest BCUT2D eigenvalue weighted by atomic mass is 10.1. The Kier molecular flexibility index (Phi) is 11.1. The van der Waals surface area contributed by atoms with Crippen LogP contribution in [-0.2, 0) is 9.53 Å². The van der Waals surface area contributed by atoms with Gasteiger partial charge in [0.2, 0.25) is 0 Å². The number of benzene rings is 1. The van der Waals surface area contributed by atoms with Crippen LogP contribution in [0.2, 0.25) is 11.1 Å². The SMILES string of the molecule is O=C(/C=C/c1ccc(Cl)c(F)c1)OCCCCCCCC[Si](Cl)(Cl)Cl. The van der Waals surface area contributed by atoms with E-state index in [1.165, 1.54) is 24.3 Å². The molecule has 8 heteroatoms. The van der Waals surface area contributed by atoms with Gasteiger partial charge in [0, 0.05) is 6.08 Å². The molecule has 0 saturated heterocycles. The fraction of sp³-hybridized carbons (Fsp3) is 0.471. The quantitative estimate of drug-likeness (QED) is 0.120. The minimum Gasteiger partial charge on any atom is -0.463 e. The lowest BCUT2D eigenvalue weighted by molar-refractivity contribution is -0.137. The maximum atomic E-state index is 13.3. The van der Waals surface area contributed by atoms with Gasteiger partial charge in [0.05, 0.1) is 11.6 Å². The van der Waals surface area contributed by atoms with Crippen molar-refractivity contribution in [2.24, 2.45) is 0 Å². The molecule has 0 aliphatic rings. The van der Waals surface area contributed by atoms with Gasteiger partial charge in [-0.2, -0.15) is 0 Å². The second-order valence-corrected chi connectivity index (χ2v) is 15.3. The highest BCUT2D eigenvalue weighted by molar-refractivity contribution is 7.64. The smallest absolute Gasteiger partial charge is 0.341 e. The summed E-state index contributed by atoms with van der Waals surface area (Å²) < 4.78 is 18.4. The highest BCUT2D eigenvalue weighted by atomic mass is 35.8. The molecule has 0 unspecified atom stereocenters. The maximum absolute atomic E-state index is 13.3. The Morgan fingerprint density at radius 2 is 1.72 bits per heavy atom. The number of carbonyl (C=O) groups excluding carboxylic acids is 1. The second kappa shape index (κ2) is 12.2. The number of carbonyl (C=O) groups is 1. The van der Waals surface area contributed by atoms with E-state index in [1.807, 2.05) is 0 Å². The van der Waals surface area contributed by atoms with Crippen LogP contribution in [0.25, 0.3) is 6.08 Å². The highest BCUT2D eigenvalue weighted by Crippen LogP contribution is 2.27. The lowest BCUT2D eigenvalue weighted by Crippen LogP contribution is -2.07. The Bertz CT molecular complexity index is 576. The van der Waals surface area contributed by atoms with Gasteiger partial charge in [-0.3, -0.25) is 0 Å². The molecule has 0 heterocycles. The van der Waals surface area contributed by atoms with Gasteiger partial charge >= 0.3 is 12.0 Å². The molecule has 0 aliphatic carbocycles. The van der Waals surface area contributed by atoms with Crippen LogP contribution < -0.4 is 0 Å². The van der Waals surface area contributed by atoms with Gasteiger partial charge in [-0.05, 0) is 36.2 Å². The summed E-state index contributed by atoms with van der Waals surface area (Å²) in [4.78, 5) is 11.6. The number of rotatable bonds is 11. The molecule has 25 heavy (non-hydrogen) atoms. The van der Waals surface area contributed by atoms with Gasteiger partial charge in [0.15, 0.2) is 0 Å². The molecule has 0 bridgehead atoms. The first kappa shape index (κ1) is 22.8. The van der Waals surface area contributed by atoms with E-state index in [2.05, 4.69) is 0 Å². The summed E-state index contributed by atoms with van der Waals surface area (Å²) in [5, 5.41) is 0.0501. The van der Waals surface area contributed by atoms with Crippen molar-refractivity contribution in [1.29, 1.82) is 0 Å². The fourth-order valence-electron chi connectivity index (χ4n) is 2.14. The Balaban J connectivity index is 2.07. The normalized spacial score (nSPS) is 11.9. The van der Waals surface area contributed by atoms with E-state index in [4.69, 9.17) is 49.6 Å². The number of ether oxygens (including phenoxy) is 1. The van der Waals surface area contributed by atoms with Crippen molar-refractivity contribution in [1.82, 2.24) is 0 Å². The lowest BCUT2D eigenvalue weighted by Gasteiger charge is -2.06. The number of unbranched alkanes of at least 4 members (excludes halogenated alkanes) is 5. The molecular weight excluding hydrogens is 425 g/mol. The summed E-state index contributed by atoms with van der Waals surface area (Å²) >= 11 is 23.0. The third-order valence-corrected chi connectivity index (χ3v) is 6.38. The van der Waals surface area contributed by atoms with E-state index in [0.29, 0.717) is 18.2 Å². The Morgan fingerprint density at radius 3 is 2.36 bits per heavy atom. The summed E-state index contributed by atoms with van der Waals surface area (Å²) in [5.74, 6) is -0.962. The highest BCUT2D eigenvalue weighted by Gasteiger charge is 2.23. The Labute approximate surface area is 168 Å². The van der Waals surface area contributed by atoms with Gasteiger partial charge < -0.3 is 4.74 Å². The molecule has 0 aromatic heterocycles. The van der Waals surface area contributed by atoms with Crippen molar-refractivity contribution < 1.29 is 13.9 Å². The van der Waals surface area contributed by atoms with Gasteiger partial charge in [0.1, 0.15) is 5.82 Å². The molecule has 0 amide bonds. The molecule has 0 radical (unpaired) electrons. The largest absolute Gasteiger partial charge is 0.463 e. The van der Waals surface area contributed by atoms with E-state index in [-0.39, 0.29) is 5.02 Å². The van der Waals surface area contributed by atoms with Gasteiger partial charge in [-0.15, -0.1) is 33.2 Å². The molecule has 0 spiro atoms. The Morgan fingerprint density at radius 1 is 1.08 bits per heavy atom. The van der Waals surface area contributed by atoms with E-state index in [0.717, 1.165) is 38.5 Å². The van der Waals surface area contributed by atoms with Crippen molar-refractivity contribution >= 4 is 62.9 Å². The van der Waals surface area contributed by atoms with Crippen LogP contribution >= 0.6 is 44.8 Å². The molecule has 1 aromatic carbocycles. The third-order valence-electron chi connectivity index (χ3n) is 3.45. The molecule has 0 aliphatic heterocycles. The summed E-state index contributed by atoms with van der Waals surface area (Å²) in [6.07, 6.45) is 8.75. The van der Waals surface area contributed by atoms with E-state index < -0.39 is 17.8 Å². The molecule has 0 atom stereocenters. The van der Waals surface area contributed by atoms with E-state index in [1.54, 1.807) is 6.07 Å². The molecule has 0 fully saturated rings. The monoisotopic (exact) mass is 444 g/mol. The molecule has 1 rings (SSSR count). The molecule has 0 saturated carbocycles. The van der Waals surface area contributed by atoms with Crippen molar-refractivity contribution in [2.45, 2.75) is 44.6 Å². The zero-order valence-corrected chi connectivity index (χ0v) is 17.8. The first-order chi connectivity index (χ1) is 11.8. The van der Waals surface area contributed by atoms with Crippen LogP contribution in [0.15, 0.2) is 24.3 Å². The van der Waals surface area contributed by atoms with Crippen LogP contribution in [0.3, 0.4) is 0 Å². The molecule has 1 aromatic rings. The first-order valence-electron chi connectivity index (χ1n) is 8.14. The minimum absolute atomic E-state index is 0.0501. The zero-order chi connectivity index (χ0) is 18.7. The number of esters is 1. The van der Waals surface area contributed by atoms with Crippen molar-refractivity contribution in [3.63, 3.8) is 0 Å². The van der Waals surface area contributed by atoms with Crippen LogP contribution in [0.4, 0.5) is 4.39 Å². The number of halogens is 5. The van der Waals surface area contributed by atoms with E-state index in [9.17, 15) is 9.18 Å². The topological polar surface area (TPSA) is 26.3 Å². The van der Waals surface area contributed by atoms with Crippen molar-refractivity contribution in [3.05, 3.63) is 40.7 Å². The second-order valence-electron chi connectivity index (χ2n) is 5.66. The molecule has 140 valence electrons. The van der Waals surface area contributed by atoms with Gasteiger partial charge in [0.25, 0.3) is 0 Å². The van der Waals surface area contributed by atoms with Crippen molar-refractivity contribution in [3.8, 4) is 0 Å². The molecular formula is C17H21Cl4FO2Si. The van der Waals surface area contributed by atoms with Gasteiger partial charge in [-0.25, -0.2) is 9.18 Å². The van der Waals surface area contributed by atoms with E-state index >= 15 is 0 Å². The summed E-state index contributed by atoms with van der Waals surface area (Å²) in [7, 11) is 0. The predicted octanol–water partition coefficient (Wildman–Crippen LogP) is 7.03. The first-order valence-corrected chi connectivity index (χ1v) is 13.8.